The van der Waals surface area contributed by atoms with Gasteiger partial charge in [-0.15, -0.1) is 11.8 Å². The lowest BCUT2D eigenvalue weighted by Gasteiger charge is -2.20. The van der Waals surface area contributed by atoms with Gasteiger partial charge in [-0.2, -0.15) is 16.7 Å². The van der Waals surface area contributed by atoms with Gasteiger partial charge in [0.1, 0.15) is 11.4 Å². The van der Waals surface area contributed by atoms with Crippen LogP contribution in [-0.2, 0) is 0 Å². The Morgan fingerprint density at radius 1 is 1.29 bits per heavy atom. The minimum absolute atomic E-state index is 0.148. The molecule has 2 heterocycles. The largest absolute Gasteiger partial charge is 0.493 e. The molecule has 0 aliphatic carbocycles. The summed E-state index contributed by atoms with van der Waals surface area (Å²) < 4.78 is 0. The van der Waals surface area contributed by atoms with Gasteiger partial charge in [0, 0.05) is 17.3 Å². The average Bonchev–Trinajstić information content (AvgIpc) is 2.49. The minimum Gasteiger partial charge on any atom is -0.493 e. The Hall–Kier alpha value is -1.40. The van der Waals surface area contributed by atoms with Gasteiger partial charge in [-0.25, -0.2) is 0 Å². The van der Waals surface area contributed by atoms with Gasteiger partial charge in [0.05, 0.1) is 5.25 Å². The lowest BCUT2D eigenvalue weighted by molar-refractivity contribution is 0.450. The van der Waals surface area contributed by atoms with E-state index in [2.05, 4.69) is 9.97 Å². The Morgan fingerprint density at radius 2 is 2.05 bits per heavy atom. The Morgan fingerprint density at radius 3 is 2.67 bits per heavy atom. The van der Waals surface area contributed by atoms with Crippen molar-refractivity contribution in [3.8, 4) is 17.0 Å². The zero-order chi connectivity index (χ0) is 14.8. The SMILES string of the molecule is Cc1ccc(-c2c(O)nc(C3CSCCS3)[nH]c2=O)cc1. The quantitative estimate of drug-likeness (QED) is 0.890. The van der Waals surface area contributed by atoms with E-state index in [1.807, 2.05) is 43.0 Å². The van der Waals surface area contributed by atoms with Crippen molar-refractivity contribution in [1.29, 1.82) is 0 Å². The first kappa shape index (κ1) is 14.5. The number of H-pyrrole nitrogens is 1. The zero-order valence-corrected chi connectivity index (χ0v) is 13.3. The molecule has 0 amide bonds. The average molecular weight is 320 g/mol. The van der Waals surface area contributed by atoms with Crippen LogP contribution in [0.4, 0.5) is 0 Å². The fourth-order valence-electron chi connectivity index (χ4n) is 2.26. The molecule has 4 nitrogen and oxygen atoms in total. The van der Waals surface area contributed by atoms with Crippen LogP contribution in [0.2, 0.25) is 0 Å². The maximum Gasteiger partial charge on any atom is 0.262 e. The Kier molecular flexibility index (Phi) is 4.26. The number of benzene rings is 1. The van der Waals surface area contributed by atoms with Crippen LogP contribution in [0, 0.1) is 6.92 Å². The molecule has 1 unspecified atom stereocenters. The minimum atomic E-state index is -0.280. The second kappa shape index (κ2) is 6.15. The summed E-state index contributed by atoms with van der Waals surface area (Å²) in [7, 11) is 0. The molecule has 1 aliphatic heterocycles. The van der Waals surface area contributed by atoms with Crippen LogP contribution >= 0.6 is 23.5 Å². The standard InChI is InChI=1S/C15H16N2O2S2/c1-9-2-4-10(5-3-9)12-14(18)16-13(17-15(12)19)11-8-20-6-7-21-11/h2-5,11H,6-8H2,1H3,(H2,16,17,18,19). The molecule has 0 bridgehead atoms. The van der Waals surface area contributed by atoms with Crippen LogP contribution < -0.4 is 5.56 Å². The summed E-state index contributed by atoms with van der Waals surface area (Å²) in [6.07, 6.45) is 0. The molecular formula is C15H16N2O2S2. The topological polar surface area (TPSA) is 66.0 Å². The monoisotopic (exact) mass is 320 g/mol. The highest BCUT2D eigenvalue weighted by Crippen LogP contribution is 2.35. The highest BCUT2D eigenvalue weighted by atomic mass is 32.2. The maximum absolute atomic E-state index is 12.3. The smallest absolute Gasteiger partial charge is 0.262 e. The summed E-state index contributed by atoms with van der Waals surface area (Å²) in [5.41, 5.74) is 1.75. The summed E-state index contributed by atoms with van der Waals surface area (Å²) >= 11 is 3.62. The fraction of sp³-hybridized carbons (Fsp3) is 0.333. The molecule has 1 aromatic carbocycles. The summed E-state index contributed by atoms with van der Waals surface area (Å²) in [6.45, 7) is 1.98. The van der Waals surface area contributed by atoms with E-state index in [1.165, 1.54) is 0 Å². The van der Waals surface area contributed by atoms with Crippen LogP contribution in [-0.4, -0.2) is 32.3 Å². The molecule has 2 aromatic rings. The summed E-state index contributed by atoms with van der Waals surface area (Å²) in [6, 6.07) is 7.48. The van der Waals surface area contributed by atoms with E-state index >= 15 is 0 Å². The third kappa shape index (κ3) is 3.11. The molecule has 6 heteroatoms. The summed E-state index contributed by atoms with van der Waals surface area (Å²) in [5.74, 6) is 3.47. The van der Waals surface area contributed by atoms with Gasteiger partial charge in [0.15, 0.2) is 0 Å². The van der Waals surface area contributed by atoms with Crippen molar-refractivity contribution in [2.75, 3.05) is 17.3 Å². The predicted octanol–water partition coefficient (Wildman–Crippen LogP) is 2.97. The third-order valence-electron chi connectivity index (χ3n) is 3.38. The Bertz CT molecular complexity index is 692. The molecular weight excluding hydrogens is 304 g/mol. The van der Waals surface area contributed by atoms with Gasteiger partial charge in [0.25, 0.3) is 5.56 Å². The molecule has 3 rings (SSSR count). The van der Waals surface area contributed by atoms with Crippen molar-refractivity contribution >= 4 is 23.5 Å². The number of nitrogens with one attached hydrogen (secondary N) is 1. The van der Waals surface area contributed by atoms with E-state index in [4.69, 9.17) is 0 Å². The normalized spacial score (nSPS) is 18.6. The van der Waals surface area contributed by atoms with Crippen molar-refractivity contribution in [3.05, 3.63) is 46.0 Å². The second-order valence-corrected chi connectivity index (χ2v) is 7.41. The van der Waals surface area contributed by atoms with Crippen molar-refractivity contribution in [3.63, 3.8) is 0 Å². The molecule has 1 fully saturated rings. The first-order chi connectivity index (χ1) is 10.1. The van der Waals surface area contributed by atoms with E-state index < -0.39 is 0 Å². The van der Waals surface area contributed by atoms with Gasteiger partial charge in [-0.3, -0.25) is 4.79 Å². The van der Waals surface area contributed by atoms with E-state index in [-0.39, 0.29) is 22.3 Å². The first-order valence-corrected chi connectivity index (χ1v) is 8.95. The molecule has 1 aliphatic rings. The molecule has 1 atom stereocenters. The second-order valence-electron chi connectivity index (χ2n) is 4.95. The van der Waals surface area contributed by atoms with Crippen molar-refractivity contribution in [1.82, 2.24) is 9.97 Å². The summed E-state index contributed by atoms with van der Waals surface area (Å²) in [4.78, 5) is 19.4. The van der Waals surface area contributed by atoms with Gasteiger partial charge in [-0.05, 0) is 12.5 Å². The number of rotatable bonds is 2. The van der Waals surface area contributed by atoms with Crippen LogP contribution in [0.25, 0.3) is 11.1 Å². The van der Waals surface area contributed by atoms with Crippen molar-refractivity contribution in [2.24, 2.45) is 0 Å². The zero-order valence-electron chi connectivity index (χ0n) is 11.6. The molecule has 110 valence electrons. The fourth-order valence-corrected chi connectivity index (χ4v) is 4.88. The van der Waals surface area contributed by atoms with Crippen LogP contribution in [0.5, 0.6) is 5.88 Å². The molecule has 0 radical (unpaired) electrons. The van der Waals surface area contributed by atoms with E-state index in [0.29, 0.717) is 11.4 Å². The lowest BCUT2D eigenvalue weighted by Crippen LogP contribution is -2.18. The number of hydrogen-bond acceptors (Lipinski definition) is 5. The van der Waals surface area contributed by atoms with E-state index in [0.717, 1.165) is 22.8 Å². The van der Waals surface area contributed by atoms with Gasteiger partial charge >= 0.3 is 0 Å². The molecule has 0 spiro atoms. The van der Waals surface area contributed by atoms with Gasteiger partial charge in [-0.1, -0.05) is 29.8 Å². The molecule has 2 N–H and O–H groups in total. The molecule has 0 saturated carbocycles. The lowest BCUT2D eigenvalue weighted by atomic mass is 10.1. The first-order valence-electron chi connectivity index (χ1n) is 6.74. The molecule has 21 heavy (non-hydrogen) atoms. The number of hydrogen-bond donors (Lipinski definition) is 2. The van der Waals surface area contributed by atoms with Crippen LogP contribution in [0.15, 0.2) is 29.1 Å². The van der Waals surface area contributed by atoms with E-state index in [9.17, 15) is 9.90 Å². The van der Waals surface area contributed by atoms with Gasteiger partial charge in [0.2, 0.25) is 5.88 Å². The van der Waals surface area contributed by atoms with Gasteiger partial charge < -0.3 is 10.1 Å². The third-order valence-corrected chi connectivity index (χ3v) is 6.14. The van der Waals surface area contributed by atoms with E-state index in [1.54, 1.807) is 11.8 Å². The number of aromatic hydroxyl groups is 1. The molecule has 1 saturated heterocycles. The maximum atomic E-state index is 12.3. The summed E-state index contributed by atoms with van der Waals surface area (Å²) in [5, 5.41) is 10.3. The number of aromatic nitrogens is 2. The number of nitrogens with zero attached hydrogens (tertiary/aromatic N) is 1. The predicted molar refractivity (Wildman–Crippen MR) is 89.2 cm³/mol. The Labute approximate surface area is 131 Å². The van der Waals surface area contributed by atoms with Crippen LogP contribution in [0.3, 0.4) is 0 Å². The molecule has 1 aromatic heterocycles. The van der Waals surface area contributed by atoms with Crippen molar-refractivity contribution < 1.29 is 5.11 Å². The Balaban J connectivity index is 2.00. The highest BCUT2D eigenvalue weighted by molar-refractivity contribution is 8.06. The number of aromatic amines is 1. The van der Waals surface area contributed by atoms with Crippen molar-refractivity contribution in [2.45, 2.75) is 12.2 Å². The van der Waals surface area contributed by atoms with Crippen LogP contribution in [0.1, 0.15) is 16.6 Å². The number of thioether (sulfide) groups is 2. The number of aryl methyl sites for hydroxylation is 1. The highest BCUT2D eigenvalue weighted by Gasteiger charge is 2.21.